The maximum absolute atomic E-state index is 12.1. The molecule has 0 bridgehead atoms. The molecule has 7 nitrogen and oxygen atoms in total. The zero-order valence-electron chi connectivity index (χ0n) is 12.4. The minimum atomic E-state index is -0.201. The van der Waals surface area contributed by atoms with Gasteiger partial charge in [0.1, 0.15) is 10.0 Å². The molecule has 1 amide bonds. The lowest BCUT2D eigenvalue weighted by molar-refractivity contribution is 0.0953. The number of amides is 1. The van der Waals surface area contributed by atoms with Crippen molar-refractivity contribution in [3.8, 4) is 11.4 Å². The van der Waals surface area contributed by atoms with Crippen molar-refractivity contribution < 1.29 is 4.79 Å². The molecule has 23 heavy (non-hydrogen) atoms. The Kier molecular flexibility index (Phi) is 4.62. The number of carbonyl (C=O) groups excluding carboxylic acids is 1. The van der Waals surface area contributed by atoms with E-state index in [2.05, 4.69) is 30.5 Å². The van der Waals surface area contributed by atoms with Crippen LogP contribution in [0.4, 0.5) is 0 Å². The normalized spacial score (nSPS) is 10.5. The fourth-order valence-corrected chi connectivity index (χ4v) is 2.63. The summed E-state index contributed by atoms with van der Waals surface area (Å²) in [4.78, 5) is 24.4. The number of aryl methyl sites for hydroxylation is 1. The topological polar surface area (TPSA) is 93.6 Å². The van der Waals surface area contributed by atoms with E-state index in [4.69, 9.17) is 0 Å². The summed E-state index contributed by atoms with van der Waals surface area (Å²) in [5, 5.41) is 12.6. The third-order valence-electron chi connectivity index (χ3n) is 3.04. The Labute approximate surface area is 136 Å². The van der Waals surface area contributed by atoms with Crippen LogP contribution in [0, 0.1) is 6.92 Å². The molecule has 3 heterocycles. The SMILES string of the molecule is Cc1nnc(CCNC(=O)c2cnc(-c3ccncc3)nc2)s1. The highest BCUT2D eigenvalue weighted by molar-refractivity contribution is 7.11. The molecule has 0 saturated heterocycles. The quantitative estimate of drug-likeness (QED) is 0.766. The van der Waals surface area contributed by atoms with Crippen molar-refractivity contribution in [3.05, 3.63) is 52.5 Å². The van der Waals surface area contributed by atoms with Gasteiger partial charge in [0.05, 0.1) is 5.56 Å². The predicted molar refractivity (Wildman–Crippen MR) is 85.9 cm³/mol. The molecule has 0 atom stereocenters. The highest BCUT2D eigenvalue weighted by Gasteiger charge is 2.08. The molecular weight excluding hydrogens is 312 g/mol. The molecule has 0 saturated carbocycles. The van der Waals surface area contributed by atoms with Gasteiger partial charge < -0.3 is 5.32 Å². The third kappa shape index (κ3) is 3.92. The van der Waals surface area contributed by atoms with Crippen molar-refractivity contribution in [1.29, 1.82) is 0 Å². The van der Waals surface area contributed by atoms with Crippen LogP contribution in [0.3, 0.4) is 0 Å². The lowest BCUT2D eigenvalue weighted by Gasteiger charge is -2.04. The summed E-state index contributed by atoms with van der Waals surface area (Å²) in [5.74, 6) is 0.362. The number of aromatic nitrogens is 5. The molecule has 116 valence electrons. The average Bonchev–Trinajstić information content (AvgIpc) is 3.01. The van der Waals surface area contributed by atoms with E-state index in [-0.39, 0.29) is 5.91 Å². The molecule has 0 aliphatic heterocycles. The molecule has 0 unspecified atom stereocenters. The first-order chi connectivity index (χ1) is 11.2. The van der Waals surface area contributed by atoms with Gasteiger partial charge in [0.25, 0.3) is 5.91 Å². The molecule has 0 aliphatic carbocycles. The van der Waals surface area contributed by atoms with Crippen molar-refractivity contribution in [2.45, 2.75) is 13.3 Å². The Bertz CT molecular complexity index is 787. The molecule has 0 aromatic carbocycles. The summed E-state index contributed by atoms with van der Waals surface area (Å²) < 4.78 is 0. The summed E-state index contributed by atoms with van der Waals surface area (Å²) in [5.41, 5.74) is 1.29. The van der Waals surface area contributed by atoms with Crippen LogP contribution in [-0.4, -0.2) is 37.6 Å². The number of pyridine rings is 1. The maximum Gasteiger partial charge on any atom is 0.254 e. The standard InChI is InChI=1S/C15H14N6OS/c1-10-20-21-13(23-10)4-7-17-15(22)12-8-18-14(19-9-12)11-2-5-16-6-3-11/h2-3,5-6,8-9H,4,7H2,1H3,(H,17,22). The smallest absolute Gasteiger partial charge is 0.254 e. The van der Waals surface area contributed by atoms with Crippen LogP contribution < -0.4 is 5.32 Å². The van der Waals surface area contributed by atoms with E-state index in [1.54, 1.807) is 12.4 Å². The summed E-state index contributed by atoms with van der Waals surface area (Å²) in [6.07, 6.45) is 7.05. The van der Waals surface area contributed by atoms with E-state index in [9.17, 15) is 4.79 Å². The maximum atomic E-state index is 12.1. The van der Waals surface area contributed by atoms with Crippen LogP contribution >= 0.6 is 11.3 Å². The molecule has 8 heteroatoms. The molecule has 0 radical (unpaired) electrons. The van der Waals surface area contributed by atoms with Gasteiger partial charge in [-0.1, -0.05) is 0 Å². The number of carbonyl (C=O) groups is 1. The summed E-state index contributed by atoms with van der Waals surface area (Å²) in [6, 6.07) is 3.64. The zero-order valence-corrected chi connectivity index (χ0v) is 13.2. The monoisotopic (exact) mass is 326 g/mol. The van der Waals surface area contributed by atoms with Crippen LogP contribution in [0.15, 0.2) is 36.9 Å². The Balaban J connectivity index is 1.57. The summed E-state index contributed by atoms with van der Waals surface area (Å²) in [6.45, 7) is 2.40. The van der Waals surface area contributed by atoms with Gasteiger partial charge in [-0.15, -0.1) is 21.5 Å². The zero-order chi connectivity index (χ0) is 16.1. The summed E-state index contributed by atoms with van der Waals surface area (Å²) in [7, 11) is 0. The molecule has 0 fully saturated rings. The van der Waals surface area contributed by atoms with E-state index in [0.29, 0.717) is 24.4 Å². The average molecular weight is 326 g/mol. The van der Waals surface area contributed by atoms with Crippen molar-refractivity contribution >= 4 is 17.2 Å². The number of hydrogen-bond acceptors (Lipinski definition) is 7. The molecule has 3 aromatic rings. The highest BCUT2D eigenvalue weighted by atomic mass is 32.1. The lowest BCUT2D eigenvalue weighted by Crippen LogP contribution is -2.26. The summed E-state index contributed by atoms with van der Waals surface area (Å²) >= 11 is 1.53. The second kappa shape index (κ2) is 7.01. The van der Waals surface area contributed by atoms with E-state index in [0.717, 1.165) is 15.6 Å². The Morgan fingerprint density at radius 2 is 1.91 bits per heavy atom. The van der Waals surface area contributed by atoms with Crippen molar-refractivity contribution in [2.75, 3.05) is 6.54 Å². The largest absolute Gasteiger partial charge is 0.352 e. The minimum Gasteiger partial charge on any atom is -0.352 e. The Hall–Kier alpha value is -2.74. The van der Waals surface area contributed by atoms with Crippen molar-refractivity contribution in [1.82, 2.24) is 30.5 Å². The number of nitrogens with zero attached hydrogens (tertiary/aromatic N) is 5. The first kappa shape index (κ1) is 15.2. The molecule has 3 rings (SSSR count). The molecule has 0 spiro atoms. The van der Waals surface area contributed by atoms with Gasteiger partial charge in [-0.05, 0) is 19.1 Å². The van der Waals surface area contributed by atoms with Crippen molar-refractivity contribution in [3.63, 3.8) is 0 Å². The van der Waals surface area contributed by atoms with Gasteiger partial charge in [0.2, 0.25) is 0 Å². The van der Waals surface area contributed by atoms with Gasteiger partial charge >= 0.3 is 0 Å². The molecule has 1 N–H and O–H groups in total. The predicted octanol–water partition coefficient (Wildman–Crippen LogP) is 1.67. The molecule has 3 aromatic heterocycles. The first-order valence-electron chi connectivity index (χ1n) is 7.02. The van der Waals surface area contributed by atoms with Crippen LogP contribution in [0.1, 0.15) is 20.4 Å². The molecule has 0 aliphatic rings. The fourth-order valence-electron chi connectivity index (χ4n) is 1.92. The lowest BCUT2D eigenvalue weighted by atomic mass is 10.2. The Morgan fingerprint density at radius 1 is 1.17 bits per heavy atom. The highest BCUT2D eigenvalue weighted by Crippen LogP contribution is 2.12. The number of nitrogens with one attached hydrogen (secondary N) is 1. The fraction of sp³-hybridized carbons (Fsp3) is 0.200. The van der Waals surface area contributed by atoms with Crippen molar-refractivity contribution in [2.24, 2.45) is 0 Å². The third-order valence-corrected chi connectivity index (χ3v) is 3.94. The van der Waals surface area contributed by atoms with Gasteiger partial charge in [0.15, 0.2) is 5.82 Å². The van der Waals surface area contributed by atoms with Crippen LogP contribution in [0.2, 0.25) is 0 Å². The van der Waals surface area contributed by atoms with Gasteiger partial charge in [-0.3, -0.25) is 9.78 Å². The van der Waals surface area contributed by atoms with E-state index in [1.165, 1.54) is 23.7 Å². The number of hydrogen-bond donors (Lipinski definition) is 1. The van der Waals surface area contributed by atoms with Crippen LogP contribution in [0.5, 0.6) is 0 Å². The van der Waals surface area contributed by atoms with Gasteiger partial charge in [-0.2, -0.15) is 0 Å². The van der Waals surface area contributed by atoms with Crippen LogP contribution in [0.25, 0.3) is 11.4 Å². The van der Waals surface area contributed by atoms with E-state index < -0.39 is 0 Å². The minimum absolute atomic E-state index is 0.201. The number of rotatable bonds is 5. The van der Waals surface area contributed by atoms with E-state index in [1.807, 2.05) is 19.1 Å². The second-order valence-electron chi connectivity index (χ2n) is 4.75. The van der Waals surface area contributed by atoms with Gasteiger partial charge in [-0.25, -0.2) is 9.97 Å². The van der Waals surface area contributed by atoms with E-state index >= 15 is 0 Å². The van der Waals surface area contributed by atoms with Gasteiger partial charge in [0, 0.05) is 43.3 Å². The van der Waals surface area contributed by atoms with Crippen LogP contribution in [-0.2, 0) is 6.42 Å². The second-order valence-corrected chi connectivity index (χ2v) is 6.02. The first-order valence-corrected chi connectivity index (χ1v) is 7.83. The molecular formula is C15H14N6OS. The Morgan fingerprint density at radius 3 is 2.57 bits per heavy atom.